The maximum atomic E-state index is 13.3. The number of amides is 3. The first-order valence-electron chi connectivity index (χ1n) is 11.0. The van der Waals surface area contributed by atoms with Gasteiger partial charge in [0.1, 0.15) is 17.7 Å². The van der Waals surface area contributed by atoms with Crippen LogP contribution in [0.3, 0.4) is 0 Å². The van der Waals surface area contributed by atoms with Gasteiger partial charge in [-0.2, -0.15) is 0 Å². The van der Waals surface area contributed by atoms with E-state index in [2.05, 4.69) is 22.8 Å². The standard InChI is InChI=1S/C22H35N3O4/c1-22(2,3)29-21(28)24-16-11-8-6-4-5-7-10-15-14-17(15)23-19(26)18-12-9-13-25(18)20(16)27/h7,10,15-18H,4-6,8-9,11-14H2,1-3H3,(H,23,26)(H,24,28)/b10-7-/t15-,16+,17?,18+/m1/s1. The van der Waals surface area contributed by atoms with Crippen LogP contribution in [0.1, 0.15) is 72.1 Å². The Morgan fingerprint density at radius 3 is 2.72 bits per heavy atom. The number of carbonyl (C=O) groups excluding carboxylic acids is 3. The van der Waals surface area contributed by atoms with Crippen LogP contribution in [0, 0.1) is 5.92 Å². The molecule has 1 saturated carbocycles. The van der Waals surface area contributed by atoms with Crippen molar-refractivity contribution in [2.75, 3.05) is 6.54 Å². The lowest BCUT2D eigenvalue weighted by atomic mass is 10.0. The highest BCUT2D eigenvalue weighted by Gasteiger charge is 2.42. The molecule has 2 aliphatic heterocycles. The molecular formula is C22H35N3O4. The van der Waals surface area contributed by atoms with Crippen molar-refractivity contribution in [2.45, 2.75) is 95.9 Å². The van der Waals surface area contributed by atoms with Gasteiger partial charge in [-0.15, -0.1) is 0 Å². The average molecular weight is 406 g/mol. The lowest BCUT2D eigenvalue weighted by molar-refractivity contribution is -0.140. The first-order valence-corrected chi connectivity index (χ1v) is 11.0. The number of hydrogen-bond acceptors (Lipinski definition) is 4. The molecule has 1 unspecified atom stereocenters. The third-order valence-electron chi connectivity index (χ3n) is 5.74. The highest BCUT2D eigenvalue weighted by Crippen LogP contribution is 2.33. The van der Waals surface area contributed by atoms with E-state index in [-0.39, 0.29) is 17.9 Å². The molecule has 3 rings (SSSR count). The topological polar surface area (TPSA) is 87.7 Å². The van der Waals surface area contributed by atoms with Crippen LogP contribution in [0.15, 0.2) is 12.2 Å². The molecule has 7 heteroatoms. The molecule has 4 atom stereocenters. The Bertz CT molecular complexity index is 655. The largest absolute Gasteiger partial charge is 0.444 e. The SMILES string of the molecule is CC(C)(C)OC(=O)N[C@H]1CCCCC/C=C\[C@@H]2CC2NC(=O)[C@@H]2CCCN2C1=O. The van der Waals surface area contributed by atoms with Gasteiger partial charge in [0.05, 0.1) is 0 Å². The second-order valence-electron chi connectivity index (χ2n) is 9.47. The lowest BCUT2D eigenvalue weighted by Crippen LogP contribution is -2.54. The van der Waals surface area contributed by atoms with Crippen molar-refractivity contribution in [3.8, 4) is 0 Å². The van der Waals surface area contributed by atoms with Crippen molar-refractivity contribution in [1.29, 1.82) is 0 Å². The normalized spacial score (nSPS) is 32.2. The smallest absolute Gasteiger partial charge is 0.408 e. The van der Waals surface area contributed by atoms with Gasteiger partial charge in [0.15, 0.2) is 0 Å². The van der Waals surface area contributed by atoms with E-state index in [9.17, 15) is 14.4 Å². The molecular weight excluding hydrogens is 370 g/mol. The van der Waals surface area contributed by atoms with E-state index in [0.717, 1.165) is 38.5 Å². The van der Waals surface area contributed by atoms with Crippen molar-refractivity contribution in [1.82, 2.24) is 15.5 Å². The summed E-state index contributed by atoms with van der Waals surface area (Å²) in [5.74, 6) is 0.188. The number of alkyl carbamates (subject to hydrolysis) is 1. The summed E-state index contributed by atoms with van der Waals surface area (Å²) in [4.78, 5) is 40.0. The number of fused-ring (bicyclic) bond motifs is 2. The first-order chi connectivity index (χ1) is 13.7. The molecule has 162 valence electrons. The van der Waals surface area contributed by atoms with Crippen LogP contribution >= 0.6 is 0 Å². The summed E-state index contributed by atoms with van der Waals surface area (Å²) in [7, 11) is 0. The number of carbonyl (C=O) groups is 3. The number of rotatable bonds is 1. The molecule has 2 N–H and O–H groups in total. The van der Waals surface area contributed by atoms with Gasteiger partial charge in [-0.1, -0.05) is 25.0 Å². The van der Waals surface area contributed by atoms with Crippen LogP contribution in [-0.4, -0.2) is 53.1 Å². The van der Waals surface area contributed by atoms with Gasteiger partial charge < -0.3 is 20.3 Å². The minimum atomic E-state index is -0.660. The van der Waals surface area contributed by atoms with E-state index in [1.54, 1.807) is 25.7 Å². The fourth-order valence-corrected chi connectivity index (χ4v) is 4.14. The summed E-state index contributed by atoms with van der Waals surface area (Å²) in [6.45, 7) is 5.94. The van der Waals surface area contributed by atoms with Gasteiger partial charge >= 0.3 is 6.09 Å². The molecule has 0 aromatic rings. The first kappa shape index (κ1) is 21.7. The summed E-state index contributed by atoms with van der Waals surface area (Å²) in [6, 6.07) is -0.912. The fourth-order valence-electron chi connectivity index (χ4n) is 4.14. The number of ether oxygens (including phenoxy) is 1. The molecule has 29 heavy (non-hydrogen) atoms. The molecule has 1 aliphatic carbocycles. The molecule has 3 amide bonds. The highest BCUT2D eigenvalue weighted by atomic mass is 16.6. The van der Waals surface area contributed by atoms with E-state index >= 15 is 0 Å². The molecule has 7 nitrogen and oxygen atoms in total. The molecule has 0 radical (unpaired) electrons. The molecule has 2 fully saturated rings. The Morgan fingerprint density at radius 1 is 1.17 bits per heavy atom. The second kappa shape index (κ2) is 9.18. The highest BCUT2D eigenvalue weighted by molar-refractivity contribution is 5.92. The van der Waals surface area contributed by atoms with Crippen LogP contribution in [0.5, 0.6) is 0 Å². The van der Waals surface area contributed by atoms with Crippen LogP contribution in [0.25, 0.3) is 0 Å². The van der Waals surface area contributed by atoms with Gasteiger partial charge in [-0.05, 0) is 65.2 Å². The van der Waals surface area contributed by atoms with E-state index < -0.39 is 23.8 Å². The molecule has 0 spiro atoms. The maximum absolute atomic E-state index is 13.3. The third kappa shape index (κ3) is 6.21. The van der Waals surface area contributed by atoms with E-state index in [1.807, 2.05) is 0 Å². The van der Waals surface area contributed by atoms with Crippen molar-refractivity contribution in [2.24, 2.45) is 5.92 Å². The monoisotopic (exact) mass is 405 g/mol. The molecule has 2 heterocycles. The third-order valence-corrected chi connectivity index (χ3v) is 5.74. The maximum Gasteiger partial charge on any atom is 0.408 e. The minimum absolute atomic E-state index is 0.0670. The Labute approximate surface area is 173 Å². The molecule has 0 aromatic heterocycles. The molecule has 0 bridgehead atoms. The zero-order valence-electron chi connectivity index (χ0n) is 17.9. The van der Waals surface area contributed by atoms with Crippen LogP contribution in [0.2, 0.25) is 0 Å². The molecule has 0 aromatic carbocycles. The number of nitrogens with zero attached hydrogens (tertiary/aromatic N) is 1. The summed E-state index contributed by atoms with van der Waals surface area (Å²) in [5.41, 5.74) is -0.629. The Morgan fingerprint density at radius 2 is 1.97 bits per heavy atom. The lowest BCUT2D eigenvalue weighted by Gasteiger charge is -2.29. The number of allylic oxidation sites excluding steroid dienone is 1. The summed E-state index contributed by atoms with van der Waals surface area (Å²) in [5, 5.41) is 5.87. The predicted octanol–water partition coefficient (Wildman–Crippen LogP) is 2.90. The van der Waals surface area contributed by atoms with E-state index in [0.29, 0.717) is 25.3 Å². The fraction of sp³-hybridized carbons (Fsp3) is 0.773. The Hall–Kier alpha value is -2.05. The molecule has 1 saturated heterocycles. The van der Waals surface area contributed by atoms with Gasteiger partial charge in [-0.3, -0.25) is 9.59 Å². The zero-order valence-corrected chi connectivity index (χ0v) is 17.9. The van der Waals surface area contributed by atoms with Gasteiger partial charge in [-0.25, -0.2) is 4.79 Å². The van der Waals surface area contributed by atoms with Crippen LogP contribution < -0.4 is 10.6 Å². The van der Waals surface area contributed by atoms with Gasteiger partial charge in [0.2, 0.25) is 11.8 Å². The Balaban J connectivity index is 1.71. The van der Waals surface area contributed by atoms with Crippen molar-refractivity contribution < 1.29 is 19.1 Å². The minimum Gasteiger partial charge on any atom is -0.444 e. The molecule has 3 aliphatic rings. The summed E-state index contributed by atoms with van der Waals surface area (Å²) < 4.78 is 5.36. The van der Waals surface area contributed by atoms with Crippen molar-refractivity contribution in [3.63, 3.8) is 0 Å². The average Bonchev–Trinajstić information content (AvgIpc) is 3.15. The van der Waals surface area contributed by atoms with E-state index in [1.165, 1.54) is 0 Å². The van der Waals surface area contributed by atoms with Crippen LogP contribution in [0.4, 0.5) is 4.79 Å². The van der Waals surface area contributed by atoms with E-state index in [4.69, 9.17) is 4.74 Å². The van der Waals surface area contributed by atoms with Crippen LogP contribution in [-0.2, 0) is 14.3 Å². The quantitative estimate of drug-likeness (QED) is 0.657. The summed E-state index contributed by atoms with van der Waals surface area (Å²) in [6.07, 6.45) is 10.7. The van der Waals surface area contributed by atoms with Crippen molar-refractivity contribution >= 4 is 17.9 Å². The number of hydrogen-bond donors (Lipinski definition) is 2. The Kier molecular flexibility index (Phi) is 6.85. The summed E-state index contributed by atoms with van der Waals surface area (Å²) >= 11 is 0. The predicted molar refractivity (Wildman–Crippen MR) is 110 cm³/mol. The number of nitrogens with one attached hydrogen (secondary N) is 2. The zero-order chi connectivity index (χ0) is 21.0. The van der Waals surface area contributed by atoms with Crippen molar-refractivity contribution in [3.05, 3.63) is 12.2 Å². The second-order valence-corrected chi connectivity index (χ2v) is 9.47. The van der Waals surface area contributed by atoms with Gasteiger partial charge in [0, 0.05) is 12.6 Å². The van der Waals surface area contributed by atoms with Gasteiger partial charge in [0.25, 0.3) is 0 Å².